The van der Waals surface area contributed by atoms with Gasteiger partial charge in [0.15, 0.2) is 0 Å². The van der Waals surface area contributed by atoms with Crippen LogP contribution < -0.4 is 5.32 Å². The second-order valence-corrected chi connectivity index (χ2v) is 6.50. The summed E-state index contributed by atoms with van der Waals surface area (Å²) in [7, 11) is 1.26. The number of amides is 2. The third kappa shape index (κ3) is 3.69. The third-order valence-electron chi connectivity index (χ3n) is 3.99. The number of carbonyl (C=O) groups excluding carboxylic acids is 3. The van der Waals surface area contributed by atoms with Crippen LogP contribution in [0.1, 0.15) is 26.8 Å². The molecule has 0 spiro atoms. The molecular formula is C17H17N3O4S. The van der Waals surface area contributed by atoms with Gasteiger partial charge in [0.25, 0.3) is 5.91 Å². The zero-order valence-electron chi connectivity index (χ0n) is 13.6. The molecule has 0 bridgehead atoms. The minimum atomic E-state index is -0.626. The van der Waals surface area contributed by atoms with Crippen molar-refractivity contribution in [3.8, 4) is 0 Å². The zero-order chi connectivity index (χ0) is 17.8. The van der Waals surface area contributed by atoms with Crippen LogP contribution in [-0.2, 0) is 20.9 Å². The first-order valence-corrected chi connectivity index (χ1v) is 8.59. The van der Waals surface area contributed by atoms with Gasteiger partial charge in [-0.05, 0) is 23.1 Å². The van der Waals surface area contributed by atoms with Crippen molar-refractivity contribution in [3.05, 3.63) is 52.0 Å². The third-order valence-corrected chi connectivity index (χ3v) is 4.85. The molecule has 130 valence electrons. The Labute approximate surface area is 148 Å². The van der Waals surface area contributed by atoms with Crippen LogP contribution in [0.25, 0.3) is 0 Å². The fraction of sp³-hybridized carbons (Fsp3) is 0.294. The summed E-state index contributed by atoms with van der Waals surface area (Å²) in [6, 6.07) is 7.22. The number of nitrogens with one attached hydrogen (secondary N) is 1. The van der Waals surface area contributed by atoms with E-state index in [1.807, 2.05) is 17.5 Å². The van der Waals surface area contributed by atoms with E-state index in [2.05, 4.69) is 15.0 Å². The maximum atomic E-state index is 12.7. The Morgan fingerprint density at radius 1 is 1.36 bits per heavy atom. The normalized spacial score (nSPS) is 16.0. The molecule has 0 aliphatic carbocycles. The highest BCUT2D eigenvalue weighted by Gasteiger charge is 2.34. The van der Waals surface area contributed by atoms with E-state index in [-0.39, 0.29) is 24.9 Å². The monoisotopic (exact) mass is 359 g/mol. The predicted molar refractivity (Wildman–Crippen MR) is 91.1 cm³/mol. The van der Waals surface area contributed by atoms with Gasteiger partial charge >= 0.3 is 5.97 Å². The first-order chi connectivity index (χ1) is 12.1. The van der Waals surface area contributed by atoms with Crippen LogP contribution in [0.3, 0.4) is 0 Å². The van der Waals surface area contributed by atoms with Gasteiger partial charge in [-0.1, -0.05) is 12.1 Å². The minimum absolute atomic E-state index is 0.115. The molecule has 0 saturated heterocycles. The van der Waals surface area contributed by atoms with Crippen molar-refractivity contribution in [1.82, 2.24) is 15.2 Å². The Kier molecular flexibility index (Phi) is 5.08. The molecular weight excluding hydrogens is 342 g/mol. The molecule has 1 atom stereocenters. The number of fused-ring (bicyclic) bond motifs is 1. The summed E-state index contributed by atoms with van der Waals surface area (Å²) in [5.41, 5.74) is 1.47. The maximum Gasteiger partial charge on any atom is 0.325 e. The molecule has 0 radical (unpaired) electrons. The van der Waals surface area contributed by atoms with Crippen LogP contribution >= 0.6 is 11.3 Å². The first kappa shape index (κ1) is 17.1. The van der Waals surface area contributed by atoms with Crippen molar-refractivity contribution in [3.63, 3.8) is 0 Å². The quantitative estimate of drug-likeness (QED) is 0.828. The van der Waals surface area contributed by atoms with Crippen molar-refractivity contribution >= 4 is 29.1 Å². The number of esters is 1. The number of thiophene rings is 1. The van der Waals surface area contributed by atoms with E-state index in [1.54, 1.807) is 23.2 Å². The van der Waals surface area contributed by atoms with E-state index in [1.165, 1.54) is 18.4 Å². The fourth-order valence-electron chi connectivity index (χ4n) is 2.75. The van der Waals surface area contributed by atoms with Crippen LogP contribution in [0.15, 0.2) is 35.8 Å². The summed E-state index contributed by atoms with van der Waals surface area (Å²) < 4.78 is 4.53. The highest BCUT2D eigenvalue weighted by atomic mass is 32.1. The summed E-state index contributed by atoms with van der Waals surface area (Å²) in [6.07, 6.45) is 1.62. The van der Waals surface area contributed by atoms with Gasteiger partial charge in [-0.15, -0.1) is 11.3 Å². The number of pyridine rings is 1. The second-order valence-electron chi connectivity index (χ2n) is 5.56. The van der Waals surface area contributed by atoms with E-state index in [0.717, 1.165) is 5.56 Å². The number of hydrogen-bond acceptors (Lipinski definition) is 6. The van der Waals surface area contributed by atoms with Gasteiger partial charge in [0.05, 0.1) is 23.6 Å². The molecule has 2 amide bonds. The van der Waals surface area contributed by atoms with Gasteiger partial charge in [0, 0.05) is 19.3 Å². The number of hydrogen-bond donors (Lipinski definition) is 1. The molecule has 25 heavy (non-hydrogen) atoms. The highest BCUT2D eigenvalue weighted by Crippen LogP contribution is 2.28. The molecule has 8 heteroatoms. The standard InChI is InChI=1S/C17H17N3O4S/c1-24-14(21)8-19-16(22)12-10-20(17(23)13-5-3-7-25-13)9-11-4-2-6-18-15(11)12/h2-7,12H,8-10H2,1H3,(H,19,22). The largest absolute Gasteiger partial charge is 0.468 e. The number of carbonyl (C=O) groups is 3. The van der Waals surface area contributed by atoms with Gasteiger partial charge in [0.2, 0.25) is 5.91 Å². The maximum absolute atomic E-state index is 12.7. The molecule has 0 fully saturated rings. The van der Waals surface area contributed by atoms with E-state index in [0.29, 0.717) is 17.1 Å². The predicted octanol–water partition coefficient (Wildman–Crippen LogP) is 1.17. The lowest BCUT2D eigenvalue weighted by atomic mass is 9.93. The molecule has 2 aromatic rings. The lowest BCUT2D eigenvalue weighted by Gasteiger charge is -2.32. The van der Waals surface area contributed by atoms with E-state index >= 15 is 0 Å². The van der Waals surface area contributed by atoms with Crippen LogP contribution in [-0.4, -0.2) is 47.9 Å². The number of ether oxygens (including phenoxy) is 1. The molecule has 2 aromatic heterocycles. The average Bonchev–Trinajstić information content (AvgIpc) is 3.18. The molecule has 1 aliphatic rings. The van der Waals surface area contributed by atoms with Gasteiger partial charge in [-0.2, -0.15) is 0 Å². The Hall–Kier alpha value is -2.74. The smallest absolute Gasteiger partial charge is 0.325 e. The van der Waals surface area contributed by atoms with Crippen molar-refractivity contribution < 1.29 is 19.1 Å². The number of rotatable bonds is 4. The Morgan fingerprint density at radius 2 is 2.20 bits per heavy atom. The topological polar surface area (TPSA) is 88.6 Å². The van der Waals surface area contributed by atoms with Gasteiger partial charge in [-0.25, -0.2) is 0 Å². The molecule has 1 aliphatic heterocycles. The SMILES string of the molecule is COC(=O)CNC(=O)C1CN(C(=O)c2cccs2)Cc2cccnc21. The molecule has 1 unspecified atom stereocenters. The summed E-state index contributed by atoms with van der Waals surface area (Å²) >= 11 is 1.36. The molecule has 1 N–H and O–H groups in total. The Morgan fingerprint density at radius 3 is 2.92 bits per heavy atom. The van der Waals surface area contributed by atoms with E-state index in [4.69, 9.17) is 0 Å². The second kappa shape index (κ2) is 7.43. The van der Waals surface area contributed by atoms with Crippen molar-refractivity contribution in [2.24, 2.45) is 0 Å². The van der Waals surface area contributed by atoms with Gasteiger partial charge in [0.1, 0.15) is 6.54 Å². The molecule has 3 heterocycles. The van der Waals surface area contributed by atoms with Gasteiger partial charge in [-0.3, -0.25) is 19.4 Å². The van der Waals surface area contributed by atoms with E-state index < -0.39 is 11.9 Å². The summed E-state index contributed by atoms with van der Waals surface area (Å²) in [5.74, 6) is -1.63. The lowest BCUT2D eigenvalue weighted by Crippen LogP contribution is -2.45. The van der Waals surface area contributed by atoms with Crippen LogP contribution in [0.2, 0.25) is 0 Å². The van der Waals surface area contributed by atoms with Gasteiger partial charge < -0.3 is 15.0 Å². The number of methoxy groups -OCH3 is 1. The van der Waals surface area contributed by atoms with E-state index in [9.17, 15) is 14.4 Å². The number of nitrogens with zero attached hydrogens (tertiary/aromatic N) is 2. The van der Waals surface area contributed by atoms with Crippen LogP contribution in [0.4, 0.5) is 0 Å². The number of aromatic nitrogens is 1. The molecule has 0 aromatic carbocycles. The summed E-state index contributed by atoms with van der Waals surface area (Å²) in [6.45, 7) is 0.404. The highest BCUT2D eigenvalue weighted by molar-refractivity contribution is 7.12. The van der Waals surface area contributed by atoms with Crippen molar-refractivity contribution in [1.29, 1.82) is 0 Å². The minimum Gasteiger partial charge on any atom is -0.468 e. The Bertz CT molecular complexity index is 791. The lowest BCUT2D eigenvalue weighted by molar-refractivity contribution is -0.141. The fourth-order valence-corrected chi connectivity index (χ4v) is 3.44. The first-order valence-electron chi connectivity index (χ1n) is 7.71. The average molecular weight is 359 g/mol. The van der Waals surface area contributed by atoms with Crippen molar-refractivity contribution in [2.75, 3.05) is 20.2 Å². The van der Waals surface area contributed by atoms with Crippen molar-refractivity contribution in [2.45, 2.75) is 12.5 Å². The molecule has 0 saturated carbocycles. The van der Waals surface area contributed by atoms with Crippen LogP contribution in [0, 0.1) is 0 Å². The van der Waals surface area contributed by atoms with Crippen LogP contribution in [0.5, 0.6) is 0 Å². The molecule has 3 rings (SSSR count). The summed E-state index contributed by atoms with van der Waals surface area (Å²) in [4.78, 5) is 43.0. The zero-order valence-corrected chi connectivity index (χ0v) is 14.4. The summed E-state index contributed by atoms with van der Waals surface area (Å²) in [5, 5.41) is 4.39. The Balaban J connectivity index is 1.82. The molecule has 7 nitrogen and oxygen atoms in total.